The number of hydrogen-bond acceptors (Lipinski definition) is 5. The van der Waals surface area contributed by atoms with Crippen molar-refractivity contribution >= 4 is 39.3 Å². The number of fused-ring (bicyclic) bond motifs is 2. The summed E-state index contributed by atoms with van der Waals surface area (Å²) < 4.78 is 7.16. The smallest absolute Gasteiger partial charge is 0.262 e. The molecule has 2 aromatic carbocycles. The first-order chi connectivity index (χ1) is 13.7. The molecule has 0 unspecified atom stereocenters. The molecule has 4 rings (SSSR count). The van der Waals surface area contributed by atoms with Gasteiger partial charge in [-0.25, -0.2) is 4.98 Å². The number of nitrogens with zero attached hydrogens (tertiary/aromatic N) is 2. The van der Waals surface area contributed by atoms with Gasteiger partial charge in [0.15, 0.2) is 5.16 Å². The molecule has 1 aromatic heterocycles. The van der Waals surface area contributed by atoms with Crippen LogP contribution in [0.4, 0.5) is 0 Å². The lowest BCUT2D eigenvalue weighted by Gasteiger charge is -2.13. The number of benzene rings is 2. The minimum absolute atomic E-state index is 0.0690. The highest BCUT2D eigenvalue weighted by Crippen LogP contribution is 2.22. The Morgan fingerprint density at radius 3 is 2.82 bits per heavy atom. The summed E-state index contributed by atoms with van der Waals surface area (Å²) in [5.41, 5.74) is 0.594. The molecule has 0 radical (unpaired) electrons. The van der Waals surface area contributed by atoms with Gasteiger partial charge in [0.1, 0.15) is 0 Å². The van der Waals surface area contributed by atoms with Crippen molar-refractivity contribution in [1.82, 2.24) is 14.9 Å². The molecule has 7 heteroatoms. The Balaban J connectivity index is 1.56. The first-order valence-electron chi connectivity index (χ1n) is 9.60. The maximum absolute atomic E-state index is 13.0. The van der Waals surface area contributed by atoms with Crippen LogP contribution in [0.25, 0.3) is 21.7 Å². The Morgan fingerprint density at radius 2 is 2.11 bits per heavy atom. The number of hydrogen-bond donors (Lipinski definition) is 1. The third-order valence-corrected chi connectivity index (χ3v) is 5.96. The normalized spacial score (nSPS) is 16.7. The van der Waals surface area contributed by atoms with Gasteiger partial charge in [0, 0.05) is 19.7 Å². The van der Waals surface area contributed by atoms with Crippen LogP contribution in [0.15, 0.2) is 46.3 Å². The summed E-state index contributed by atoms with van der Waals surface area (Å²) in [5.74, 6) is 0.147. The lowest BCUT2D eigenvalue weighted by Crippen LogP contribution is -2.33. The lowest BCUT2D eigenvalue weighted by molar-refractivity contribution is -0.119. The van der Waals surface area contributed by atoms with Crippen LogP contribution in [0, 0.1) is 0 Å². The number of nitrogens with one attached hydrogen (secondary N) is 1. The van der Waals surface area contributed by atoms with E-state index in [1.54, 1.807) is 4.57 Å². The Kier molecular flexibility index (Phi) is 5.64. The molecule has 1 aliphatic rings. The SMILES string of the molecule is CCn1c(SCC(=O)NC[C@@H]2CCCO2)nc2cc3ccccc3cc2c1=O. The molecule has 1 saturated heterocycles. The fraction of sp³-hybridized carbons (Fsp3) is 0.381. The second kappa shape index (κ2) is 8.32. The average Bonchev–Trinajstić information content (AvgIpc) is 3.23. The molecule has 0 bridgehead atoms. The van der Waals surface area contributed by atoms with E-state index in [-0.39, 0.29) is 23.3 Å². The Hall–Kier alpha value is -2.38. The summed E-state index contributed by atoms with van der Waals surface area (Å²) in [6.45, 7) is 3.73. The summed E-state index contributed by atoms with van der Waals surface area (Å²) in [6.07, 6.45) is 2.16. The van der Waals surface area contributed by atoms with Crippen molar-refractivity contribution in [3.8, 4) is 0 Å². The molecule has 0 saturated carbocycles. The summed E-state index contributed by atoms with van der Waals surface area (Å²) in [6, 6.07) is 11.8. The number of carbonyl (C=O) groups is 1. The van der Waals surface area contributed by atoms with E-state index in [1.165, 1.54) is 11.8 Å². The van der Waals surface area contributed by atoms with Gasteiger partial charge in [0.2, 0.25) is 5.91 Å². The van der Waals surface area contributed by atoms with Crippen LogP contribution in [0.1, 0.15) is 19.8 Å². The van der Waals surface area contributed by atoms with Crippen LogP contribution < -0.4 is 10.9 Å². The molecule has 1 amide bonds. The average molecular weight is 398 g/mol. The van der Waals surface area contributed by atoms with E-state index in [4.69, 9.17) is 4.74 Å². The van der Waals surface area contributed by atoms with E-state index < -0.39 is 0 Å². The van der Waals surface area contributed by atoms with Gasteiger partial charge < -0.3 is 10.1 Å². The maximum atomic E-state index is 13.0. The van der Waals surface area contributed by atoms with Crippen molar-refractivity contribution < 1.29 is 9.53 Å². The topological polar surface area (TPSA) is 73.2 Å². The van der Waals surface area contributed by atoms with Crippen molar-refractivity contribution in [2.75, 3.05) is 18.9 Å². The predicted molar refractivity (Wildman–Crippen MR) is 112 cm³/mol. The zero-order chi connectivity index (χ0) is 19.5. The van der Waals surface area contributed by atoms with Gasteiger partial charge >= 0.3 is 0 Å². The first kappa shape index (κ1) is 19.0. The van der Waals surface area contributed by atoms with Crippen molar-refractivity contribution in [3.63, 3.8) is 0 Å². The molecule has 28 heavy (non-hydrogen) atoms. The van der Waals surface area contributed by atoms with Crippen LogP contribution in [-0.2, 0) is 16.1 Å². The molecule has 6 nitrogen and oxygen atoms in total. The molecular formula is C21H23N3O3S. The van der Waals surface area contributed by atoms with Crippen LogP contribution in [0.5, 0.6) is 0 Å². The van der Waals surface area contributed by atoms with Crippen LogP contribution >= 0.6 is 11.8 Å². The third kappa shape index (κ3) is 3.91. The molecule has 1 atom stereocenters. The Bertz CT molecular complexity index is 1070. The van der Waals surface area contributed by atoms with Crippen LogP contribution in [-0.4, -0.2) is 40.5 Å². The monoisotopic (exact) mass is 397 g/mol. The molecule has 146 valence electrons. The number of rotatable bonds is 6. The van der Waals surface area contributed by atoms with Crippen LogP contribution in [0.2, 0.25) is 0 Å². The fourth-order valence-electron chi connectivity index (χ4n) is 3.49. The molecular weight excluding hydrogens is 374 g/mol. The highest BCUT2D eigenvalue weighted by Gasteiger charge is 2.17. The lowest BCUT2D eigenvalue weighted by atomic mass is 10.1. The quantitative estimate of drug-likeness (QED) is 0.393. The van der Waals surface area contributed by atoms with Crippen molar-refractivity contribution in [1.29, 1.82) is 0 Å². The predicted octanol–water partition coefficient (Wildman–Crippen LogP) is 2.96. The summed E-state index contributed by atoms with van der Waals surface area (Å²) in [4.78, 5) is 29.8. The number of amides is 1. The largest absolute Gasteiger partial charge is 0.376 e. The van der Waals surface area contributed by atoms with Gasteiger partial charge in [-0.15, -0.1) is 0 Å². The summed E-state index contributed by atoms with van der Waals surface area (Å²) in [7, 11) is 0. The van der Waals surface area contributed by atoms with E-state index in [2.05, 4.69) is 10.3 Å². The minimum Gasteiger partial charge on any atom is -0.376 e. The van der Waals surface area contributed by atoms with Gasteiger partial charge in [-0.05, 0) is 42.7 Å². The van der Waals surface area contributed by atoms with Crippen LogP contribution in [0.3, 0.4) is 0 Å². The Morgan fingerprint density at radius 1 is 1.32 bits per heavy atom. The fourth-order valence-corrected chi connectivity index (χ4v) is 4.38. The Labute approximate surface area is 167 Å². The van der Waals surface area contributed by atoms with E-state index >= 15 is 0 Å². The summed E-state index contributed by atoms with van der Waals surface area (Å²) >= 11 is 1.30. The minimum atomic E-state index is -0.0731. The second-order valence-electron chi connectivity index (χ2n) is 6.89. The zero-order valence-corrected chi connectivity index (χ0v) is 16.6. The maximum Gasteiger partial charge on any atom is 0.262 e. The molecule has 2 heterocycles. The molecule has 0 spiro atoms. The molecule has 1 aliphatic heterocycles. The van der Waals surface area contributed by atoms with E-state index in [0.29, 0.717) is 29.1 Å². The number of aromatic nitrogens is 2. The van der Waals surface area contributed by atoms with Crippen molar-refractivity contribution in [2.45, 2.75) is 37.6 Å². The summed E-state index contributed by atoms with van der Waals surface area (Å²) in [5, 5.41) is 6.15. The second-order valence-corrected chi connectivity index (χ2v) is 7.83. The standard InChI is InChI=1S/C21H23N3O3S/c1-2-24-20(26)17-10-14-6-3-4-7-15(14)11-18(17)23-21(24)28-13-19(25)22-12-16-8-5-9-27-16/h3-4,6-7,10-11,16H,2,5,8-9,12-13H2,1H3,(H,22,25)/t16-/m0/s1. The number of thioether (sulfide) groups is 1. The molecule has 1 N–H and O–H groups in total. The van der Waals surface area contributed by atoms with Crippen molar-refractivity contribution in [3.05, 3.63) is 46.8 Å². The molecule has 1 fully saturated rings. The van der Waals surface area contributed by atoms with E-state index in [0.717, 1.165) is 30.2 Å². The molecule has 0 aliphatic carbocycles. The number of carbonyl (C=O) groups excluding carboxylic acids is 1. The van der Waals surface area contributed by atoms with Gasteiger partial charge in [0.05, 0.1) is 22.8 Å². The van der Waals surface area contributed by atoms with E-state index in [9.17, 15) is 9.59 Å². The third-order valence-electron chi connectivity index (χ3n) is 4.99. The van der Waals surface area contributed by atoms with Gasteiger partial charge in [-0.3, -0.25) is 14.2 Å². The first-order valence-corrected chi connectivity index (χ1v) is 10.6. The molecule has 3 aromatic rings. The number of ether oxygens (including phenoxy) is 1. The van der Waals surface area contributed by atoms with Gasteiger partial charge in [-0.2, -0.15) is 0 Å². The zero-order valence-electron chi connectivity index (χ0n) is 15.8. The van der Waals surface area contributed by atoms with Gasteiger partial charge in [-0.1, -0.05) is 36.0 Å². The van der Waals surface area contributed by atoms with Gasteiger partial charge in [0.25, 0.3) is 5.56 Å². The highest BCUT2D eigenvalue weighted by molar-refractivity contribution is 7.99. The van der Waals surface area contributed by atoms with E-state index in [1.807, 2.05) is 43.3 Å². The van der Waals surface area contributed by atoms with Crippen molar-refractivity contribution in [2.24, 2.45) is 0 Å². The highest BCUT2D eigenvalue weighted by atomic mass is 32.2.